The van der Waals surface area contributed by atoms with E-state index in [1.54, 1.807) is 0 Å². The molecule has 1 aromatic rings. The van der Waals surface area contributed by atoms with Gasteiger partial charge in [0.05, 0.1) is 18.8 Å². The van der Waals surface area contributed by atoms with Crippen molar-refractivity contribution in [1.82, 2.24) is 9.71 Å². The van der Waals surface area contributed by atoms with E-state index >= 15 is 0 Å². The number of halogens is 2. The van der Waals surface area contributed by atoms with Crippen LogP contribution in [0, 0.1) is 0 Å². The smallest absolute Gasteiger partial charge is 0.244 e. The van der Waals surface area contributed by atoms with Crippen LogP contribution in [0.15, 0.2) is 21.6 Å². The van der Waals surface area contributed by atoms with E-state index in [1.807, 2.05) is 0 Å². The molecular weight excluding hydrogens is 348 g/mol. The highest BCUT2D eigenvalue weighted by Gasteiger charge is 2.31. The molecule has 0 amide bonds. The molecule has 0 bridgehead atoms. The molecule has 6 nitrogen and oxygen atoms in total. The molecule has 102 valence electrons. The molecule has 0 fully saturated rings. The highest BCUT2D eigenvalue weighted by atomic mass is 79.9. The molecule has 0 aromatic carbocycles. The summed E-state index contributed by atoms with van der Waals surface area (Å²) in [4.78, 5) is 3.47. The molecule has 9 heteroatoms. The first-order valence-corrected chi connectivity index (χ1v) is 7.46. The number of sulfonamides is 1. The molecule has 0 atom stereocenters. The van der Waals surface area contributed by atoms with Crippen LogP contribution in [-0.4, -0.2) is 42.4 Å². The lowest BCUT2D eigenvalue weighted by molar-refractivity contribution is 0.121. The van der Waals surface area contributed by atoms with Crippen LogP contribution in [0.1, 0.15) is 6.92 Å². The van der Waals surface area contributed by atoms with Crippen molar-refractivity contribution < 1.29 is 18.6 Å². The van der Waals surface area contributed by atoms with Crippen molar-refractivity contribution in [2.45, 2.75) is 17.4 Å². The summed E-state index contributed by atoms with van der Waals surface area (Å²) in [6, 6.07) is 1.28. The summed E-state index contributed by atoms with van der Waals surface area (Å²) in [5.74, 6) is 0. The number of aliphatic hydroxyl groups is 2. The number of rotatable bonds is 5. The van der Waals surface area contributed by atoms with Gasteiger partial charge in [-0.3, -0.25) is 0 Å². The molecule has 0 unspecified atom stereocenters. The first-order chi connectivity index (χ1) is 8.24. The van der Waals surface area contributed by atoms with E-state index < -0.39 is 28.8 Å². The maximum absolute atomic E-state index is 12.1. The molecule has 0 saturated carbocycles. The van der Waals surface area contributed by atoms with Crippen LogP contribution in [0.4, 0.5) is 0 Å². The van der Waals surface area contributed by atoms with E-state index in [-0.39, 0.29) is 10.0 Å². The lowest BCUT2D eigenvalue weighted by Gasteiger charge is -2.25. The van der Waals surface area contributed by atoms with Gasteiger partial charge < -0.3 is 10.2 Å². The molecule has 0 spiro atoms. The Morgan fingerprint density at radius 3 is 2.56 bits per heavy atom. The average Bonchev–Trinajstić information content (AvgIpc) is 2.31. The molecule has 0 aliphatic carbocycles. The molecule has 0 saturated heterocycles. The van der Waals surface area contributed by atoms with Crippen molar-refractivity contribution in [2.24, 2.45) is 0 Å². The average molecular weight is 360 g/mol. The lowest BCUT2D eigenvalue weighted by Crippen LogP contribution is -2.51. The number of hydrogen-bond donors (Lipinski definition) is 3. The maximum Gasteiger partial charge on any atom is 0.244 e. The molecular formula is C9H12BrClN2O4S. The highest BCUT2D eigenvalue weighted by Crippen LogP contribution is 2.23. The van der Waals surface area contributed by atoms with Gasteiger partial charge in [0.2, 0.25) is 10.0 Å². The number of nitrogens with zero attached hydrogens (tertiary/aromatic N) is 1. The molecule has 3 N–H and O–H groups in total. The molecule has 1 heterocycles. The first-order valence-electron chi connectivity index (χ1n) is 4.81. The van der Waals surface area contributed by atoms with E-state index in [1.165, 1.54) is 19.2 Å². The van der Waals surface area contributed by atoms with Crippen molar-refractivity contribution in [1.29, 1.82) is 0 Å². The zero-order valence-electron chi connectivity index (χ0n) is 9.39. The van der Waals surface area contributed by atoms with E-state index in [9.17, 15) is 8.42 Å². The second kappa shape index (κ2) is 5.81. The van der Waals surface area contributed by atoms with Crippen molar-refractivity contribution in [3.8, 4) is 0 Å². The minimum Gasteiger partial charge on any atom is -0.394 e. The SMILES string of the molecule is CC(CO)(CO)NS(=O)(=O)c1cc(Br)cnc1Cl. The number of aromatic nitrogens is 1. The quantitative estimate of drug-likeness (QED) is 0.666. The fraction of sp³-hybridized carbons (Fsp3) is 0.444. The summed E-state index contributed by atoms with van der Waals surface area (Å²) in [7, 11) is -3.99. The van der Waals surface area contributed by atoms with Crippen molar-refractivity contribution in [3.63, 3.8) is 0 Å². The van der Waals surface area contributed by atoms with E-state index in [2.05, 4.69) is 25.6 Å². The third-order valence-corrected chi connectivity index (χ3v) is 4.64. The van der Waals surface area contributed by atoms with Crippen LogP contribution in [0.3, 0.4) is 0 Å². The van der Waals surface area contributed by atoms with Gasteiger partial charge in [-0.15, -0.1) is 0 Å². The Labute approximate surface area is 118 Å². The number of aliphatic hydroxyl groups excluding tert-OH is 2. The molecule has 18 heavy (non-hydrogen) atoms. The van der Waals surface area contributed by atoms with Crippen LogP contribution >= 0.6 is 27.5 Å². The minimum atomic E-state index is -3.99. The van der Waals surface area contributed by atoms with Crippen LogP contribution < -0.4 is 4.72 Å². The predicted octanol–water partition coefficient (Wildman–Crippen LogP) is 0.519. The molecule has 0 radical (unpaired) electrons. The normalized spacial score (nSPS) is 12.7. The lowest BCUT2D eigenvalue weighted by atomic mass is 10.1. The van der Waals surface area contributed by atoms with Gasteiger partial charge in [-0.2, -0.15) is 0 Å². The number of nitrogens with one attached hydrogen (secondary N) is 1. The topological polar surface area (TPSA) is 99.5 Å². The fourth-order valence-corrected chi connectivity index (χ4v) is 3.42. The zero-order chi connectivity index (χ0) is 14.0. The zero-order valence-corrected chi connectivity index (χ0v) is 12.5. The Bertz CT molecular complexity index is 533. The summed E-state index contributed by atoms with van der Waals surface area (Å²) < 4.78 is 26.7. The largest absolute Gasteiger partial charge is 0.394 e. The van der Waals surface area contributed by atoms with Gasteiger partial charge in [0, 0.05) is 10.7 Å². The van der Waals surface area contributed by atoms with Crippen molar-refractivity contribution in [2.75, 3.05) is 13.2 Å². The third kappa shape index (κ3) is 3.62. The molecule has 0 aliphatic heterocycles. The van der Waals surface area contributed by atoms with Gasteiger partial charge in [0.15, 0.2) is 0 Å². The van der Waals surface area contributed by atoms with Gasteiger partial charge in [-0.25, -0.2) is 18.1 Å². The number of hydrogen-bond acceptors (Lipinski definition) is 5. The summed E-state index contributed by atoms with van der Waals surface area (Å²) in [5, 5.41) is 18.0. The van der Waals surface area contributed by atoms with Crippen molar-refractivity contribution >= 4 is 37.6 Å². The van der Waals surface area contributed by atoms with Gasteiger partial charge in [-0.05, 0) is 28.9 Å². The van der Waals surface area contributed by atoms with E-state index in [4.69, 9.17) is 21.8 Å². The highest BCUT2D eigenvalue weighted by molar-refractivity contribution is 9.10. The first kappa shape index (κ1) is 15.8. The Balaban J connectivity index is 3.18. The minimum absolute atomic E-state index is 0.191. The molecule has 0 aliphatic rings. The van der Waals surface area contributed by atoms with Crippen molar-refractivity contribution in [3.05, 3.63) is 21.9 Å². The number of pyridine rings is 1. The standard InChI is InChI=1S/C9H12BrClN2O4S/c1-9(4-14,5-15)13-18(16,17)7-2-6(10)3-12-8(7)11/h2-3,13-15H,4-5H2,1H3. The summed E-state index contributed by atoms with van der Waals surface area (Å²) >= 11 is 8.81. The van der Waals surface area contributed by atoms with E-state index in [0.29, 0.717) is 4.47 Å². The van der Waals surface area contributed by atoms with Crippen LogP contribution in [0.25, 0.3) is 0 Å². The van der Waals surface area contributed by atoms with Crippen LogP contribution in [0.5, 0.6) is 0 Å². The van der Waals surface area contributed by atoms with E-state index in [0.717, 1.165) is 0 Å². The van der Waals surface area contributed by atoms with Gasteiger partial charge >= 0.3 is 0 Å². The van der Waals surface area contributed by atoms with Crippen LogP contribution in [0.2, 0.25) is 5.15 Å². The fourth-order valence-electron chi connectivity index (χ4n) is 1.09. The molecule has 1 rings (SSSR count). The second-order valence-electron chi connectivity index (χ2n) is 3.92. The third-order valence-electron chi connectivity index (χ3n) is 2.14. The Hall–Kier alpha value is -0.250. The maximum atomic E-state index is 12.1. The summed E-state index contributed by atoms with van der Waals surface area (Å²) in [6.07, 6.45) is 1.36. The van der Waals surface area contributed by atoms with Gasteiger partial charge in [0.1, 0.15) is 10.0 Å². The predicted molar refractivity (Wildman–Crippen MR) is 69.8 cm³/mol. The monoisotopic (exact) mass is 358 g/mol. The Morgan fingerprint density at radius 1 is 1.50 bits per heavy atom. The Morgan fingerprint density at radius 2 is 2.06 bits per heavy atom. The van der Waals surface area contributed by atoms with Gasteiger partial charge in [-0.1, -0.05) is 11.6 Å². The Kier molecular flexibility index (Phi) is 5.10. The summed E-state index contributed by atoms with van der Waals surface area (Å²) in [6.45, 7) is 0.257. The second-order valence-corrected chi connectivity index (χ2v) is 6.85. The summed E-state index contributed by atoms with van der Waals surface area (Å²) in [5.41, 5.74) is -1.37. The van der Waals surface area contributed by atoms with Gasteiger partial charge in [0.25, 0.3) is 0 Å². The van der Waals surface area contributed by atoms with Crippen LogP contribution in [-0.2, 0) is 10.0 Å². The molecule has 1 aromatic heterocycles.